The fourth-order valence-electron chi connectivity index (χ4n) is 2.58. The first-order valence-electron chi connectivity index (χ1n) is 7.86. The second kappa shape index (κ2) is 7.47. The minimum absolute atomic E-state index is 0.384. The minimum atomic E-state index is -3.76. The van der Waals surface area contributed by atoms with Crippen molar-refractivity contribution in [3.63, 3.8) is 0 Å². The van der Waals surface area contributed by atoms with E-state index in [9.17, 15) is 13.2 Å². The Morgan fingerprint density at radius 3 is 2.56 bits per heavy atom. The predicted octanol–water partition coefficient (Wildman–Crippen LogP) is 2.81. The van der Waals surface area contributed by atoms with Gasteiger partial charge in [0, 0.05) is 10.1 Å². The summed E-state index contributed by atoms with van der Waals surface area (Å²) >= 11 is 1.29. The molecule has 3 aromatic rings. The highest BCUT2D eigenvalue weighted by Gasteiger charge is 2.14. The molecule has 0 aliphatic rings. The van der Waals surface area contributed by atoms with Crippen LogP contribution in [0.5, 0.6) is 0 Å². The second-order valence-corrected chi connectivity index (χ2v) is 8.49. The van der Waals surface area contributed by atoms with Gasteiger partial charge in [-0.05, 0) is 35.7 Å². The topological polar surface area (TPSA) is 111 Å². The third kappa shape index (κ3) is 4.51. The summed E-state index contributed by atoms with van der Waals surface area (Å²) in [7, 11) is -3.76. The van der Waals surface area contributed by atoms with Gasteiger partial charge in [0.1, 0.15) is 0 Å². The minimum Gasteiger partial charge on any atom is -0.368 e. The van der Waals surface area contributed by atoms with Crippen molar-refractivity contribution in [1.29, 1.82) is 0 Å². The summed E-state index contributed by atoms with van der Waals surface area (Å²) in [5, 5.41) is 0.939. The van der Waals surface area contributed by atoms with Crippen LogP contribution in [0.15, 0.2) is 53.5 Å². The Morgan fingerprint density at radius 2 is 1.85 bits per heavy atom. The summed E-state index contributed by atoms with van der Waals surface area (Å²) < 4.78 is 27.1. The molecule has 1 amide bonds. The van der Waals surface area contributed by atoms with Crippen LogP contribution in [0.2, 0.25) is 0 Å². The van der Waals surface area contributed by atoms with Crippen molar-refractivity contribution >= 4 is 43.4 Å². The summed E-state index contributed by atoms with van der Waals surface area (Å²) in [5.74, 6) is -1.03. The lowest BCUT2D eigenvalue weighted by molar-refractivity contribution is 0.100. The van der Waals surface area contributed by atoms with E-state index in [1.54, 1.807) is 6.07 Å². The normalized spacial score (nSPS) is 12.3. The average Bonchev–Trinajstić information content (AvgIpc) is 3.04. The van der Waals surface area contributed by atoms with Gasteiger partial charge in [-0.1, -0.05) is 36.4 Å². The van der Waals surface area contributed by atoms with Gasteiger partial charge in [0.2, 0.25) is 5.96 Å². The van der Waals surface area contributed by atoms with Crippen molar-refractivity contribution in [2.24, 2.45) is 10.7 Å². The van der Waals surface area contributed by atoms with Gasteiger partial charge < -0.3 is 5.73 Å². The second-order valence-electron chi connectivity index (χ2n) is 5.83. The third-order valence-electron chi connectivity index (χ3n) is 3.73. The molecule has 0 bridgehead atoms. The van der Waals surface area contributed by atoms with Gasteiger partial charge in [0.25, 0.3) is 16.0 Å². The molecule has 1 aromatic heterocycles. The quantitative estimate of drug-likeness (QED) is 0.394. The fraction of sp³-hybridized carbons (Fsp3) is 0.111. The van der Waals surface area contributed by atoms with Crippen LogP contribution in [-0.2, 0) is 14.4 Å². The predicted molar refractivity (Wildman–Crippen MR) is 107 cm³/mol. The number of carbonyl (C=O) groups is 1. The van der Waals surface area contributed by atoms with Gasteiger partial charge in [-0.3, -0.25) is 4.79 Å². The lowest BCUT2D eigenvalue weighted by atomic mass is 9.98. The van der Waals surface area contributed by atoms with Gasteiger partial charge in [-0.15, -0.1) is 15.6 Å². The monoisotopic (exact) mass is 403 g/mol. The molecule has 7 nitrogen and oxygen atoms in total. The Kier molecular flexibility index (Phi) is 5.26. The summed E-state index contributed by atoms with van der Waals surface area (Å²) in [5.41, 5.74) is 10.7. The van der Waals surface area contributed by atoms with E-state index in [0.29, 0.717) is 4.88 Å². The highest BCUT2D eigenvalue weighted by Crippen LogP contribution is 2.35. The van der Waals surface area contributed by atoms with E-state index in [1.165, 1.54) is 11.3 Å². The van der Waals surface area contributed by atoms with E-state index in [-0.39, 0.29) is 0 Å². The van der Waals surface area contributed by atoms with Crippen molar-refractivity contribution in [2.45, 2.75) is 6.92 Å². The van der Waals surface area contributed by atoms with Crippen LogP contribution >= 0.6 is 11.3 Å². The molecule has 0 radical (unpaired) electrons. The molecule has 2 aromatic carbocycles. The number of fused-ring (bicyclic) bond motifs is 1. The Balaban J connectivity index is 1.94. The lowest BCUT2D eigenvalue weighted by Gasteiger charge is -2.06. The number of carbonyl (C=O) groups excluding carboxylic acids is 1. The van der Waals surface area contributed by atoms with Crippen LogP contribution in [0.3, 0.4) is 0 Å². The van der Waals surface area contributed by atoms with Crippen LogP contribution < -0.4 is 11.2 Å². The van der Waals surface area contributed by atoms with Gasteiger partial charge in [-0.25, -0.2) is 5.48 Å². The van der Waals surface area contributed by atoms with Gasteiger partial charge in [-0.2, -0.15) is 13.4 Å². The molecule has 0 aliphatic carbocycles. The Labute approximate surface area is 160 Å². The maximum Gasteiger partial charge on any atom is 0.290 e. The van der Waals surface area contributed by atoms with E-state index in [1.807, 2.05) is 54.9 Å². The largest absolute Gasteiger partial charge is 0.368 e. The SMILES string of the molecule is Cc1ccccc1-c1cccc2sc(C(=O)N=C(N)NOS(C)(=O)=O)cc12. The standard InChI is InChI=1S/C18H17N3O4S2/c1-11-6-3-4-7-12(11)13-8-5-9-15-14(13)10-16(26-15)17(22)20-18(19)21-25-27(2,23)24/h3-10H,1-2H3,(H3,19,20,21,22). The van der Waals surface area contributed by atoms with Crippen molar-refractivity contribution < 1.29 is 17.5 Å². The number of rotatable bonds is 4. The smallest absolute Gasteiger partial charge is 0.290 e. The molecule has 3 N–H and O–H groups in total. The Morgan fingerprint density at radius 1 is 1.15 bits per heavy atom. The fourth-order valence-corrected chi connectivity index (χ4v) is 3.79. The highest BCUT2D eigenvalue weighted by atomic mass is 32.2. The van der Waals surface area contributed by atoms with Crippen LogP contribution in [0.4, 0.5) is 0 Å². The number of thiophene rings is 1. The Hall–Kier alpha value is -2.75. The molecule has 0 saturated heterocycles. The van der Waals surface area contributed by atoms with Crippen LogP contribution in [-0.4, -0.2) is 26.5 Å². The average molecular weight is 403 g/mol. The number of benzene rings is 2. The van der Waals surface area contributed by atoms with Crippen molar-refractivity contribution in [1.82, 2.24) is 5.48 Å². The number of hydrogen-bond acceptors (Lipinski definition) is 5. The number of hydrogen-bond donors (Lipinski definition) is 2. The summed E-state index contributed by atoms with van der Waals surface area (Å²) in [6.45, 7) is 2.03. The van der Waals surface area contributed by atoms with Crippen molar-refractivity contribution in [2.75, 3.05) is 6.26 Å². The van der Waals surface area contributed by atoms with E-state index in [2.05, 4.69) is 9.28 Å². The molecule has 0 saturated carbocycles. The first kappa shape index (κ1) is 19.0. The molecule has 3 rings (SSSR count). The molecule has 0 unspecified atom stereocenters. The molecule has 1 heterocycles. The molecule has 0 spiro atoms. The molecule has 9 heteroatoms. The van der Waals surface area contributed by atoms with Crippen molar-refractivity contribution in [3.05, 3.63) is 59.0 Å². The number of aliphatic imine (C=N–C) groups is 1. The van der Waals surface area contributed by atoms with Crippen LogP contribution in [0.1, 0.15) is 15.2 Å². The zero-order valence-electron chi connectivity index (χ0n) is 14.6. The maximum atomic E-state index is 12.4. The summed E-state index contributed by atoms with van der Waals surface area (Å²) in [6, 6.07) is 15.6. The number of guanidine groups is 1. The first-order valence-corrected chi connectivity index (χ1v) is 10.5. The number of aryl methyl sites for hydroxylation is 1. The van der Waals surface area contributed by atoms with Gasteiger partial charge >= 0.3 is 0 Å². The van der Waals surface area contributed by atoms with E-state index < -0.39 is 22.0 Å². The lowest BCUT2D eigenvalue weighted by Crippen LogP contribution is -2.34. The summed E-state index contributed by atoms with van der Waals surface area (Å²) in [4.78, 5) is 16.4. The van der Waals surface area contributed by atoms with Gasteiger partial charge in [0.05, 0.1) is 11.1 Å². The Bertz CT molecular complexity index is 1150. The van der Waals surface area contributed by atoms with E-state index in [4.69, 9.17) is 5.73 Å². The van der Waals surface area contributed by atoms with Crippen molar-refractivity contribution in [3.8, 4) is 11.1 Å². The zero-order chi connectivity index (χ0) is 19.6. The van der Waals surface area contributed by atoms with E-state index in [0.717, 1.165) is 33.0 Å². The maximum absolute atomic E-state index is 12.4. The van der Waals surface area contributed by atoms with Crippen LogP contribution in [0.25, 0.3) is 21.2 Å². The molecule has 0 aliphatic heterocycles. The number of amides is 1. The number of nitrogens with zero attached hydrogens (tertiary/aromatic N) is 1. The molecule has 27 heavy (non-hydrogen) atoms. The first-order chi connectivity index (χ1) is 12.7. The zero-order valence-corrected chi connectivity index (χ0v) is 16.2. The number of hydroxylamine groups is 1. The van der Waals surface area contributed by atoms with Crippen LogP contribution in [0, 0.1) is 6.92 Å². The molecule has 140 valence electrons. The van der Waals surface area contributed by atoms with E-state index >= 15 is 0 Å². The molecule has 0 fully saturated rings. The number of nitrogens with two attached hydrogens (primary N) is 1. The van der Waals surface area contributed by atoms with Gasteiger partial charge in [0.15, 0.2) is 0 Å². The third-order valence-corrected chi connectivity index (χ3v) is 5.20. The molecular formula is C18H17N3O4S2. The highest BCUT2D eigenvalue weighted by molar-refractivity contribution is 7.85. The number of nitrogens with one attached hydrogen (secondary N) is 1. The molecule has 0 atom stereocenters. The molecular weight excluding hydrogens is 386 g/mol. The summed E-state index contributed by atoms with van der Waals surface area (Å²) in [6.07, 6.45) is 0.841.